The highest BCUT2D eigenvalue weighted by atomic mass is 14.9. The van der Waals surface area contributed by atoms with Crippen molar-refractivity contribution >= 4 is 6.08 Å². The van der Waals surface area contributed by atoms with Crippen LogP contribution in [0.5, 0.6) is 0 Å². The van der Waals surface area contributed by atoms with Crippen LogP contribution in [0.25, 0.3) is 6.08 Å². The van der Waals surface area contributed by atoms with Crippen molar-refractivity contribution in [3.05, 3.63) is 42.0 Å². The van der Waals surface area contributed by atoms with E-state index < -0.39 is 0 Å². The van der Waals surface area contributed by atoms with Crippen molar-refractivity contribution in [2.45, 2.75) is 19.3 Å². The number of rotatable bonds is 3. The highest BCUT2D eigenvalue weighted by Gasteiger charge is 2.10. The van der Waals surface area contributed by atoms with E-state index >= 15 is 0 Å². The van der Waals surface area contributed by atoms with Gasteiger partial charge in [0, 0.05) is 0 Å². The molecular formula is C14H19N. The van der Waals surface area contributed by atoms with Gasteiger partial charge in [0.1, 0.15) is 0 Å². The lowest BCUT2D eigenvalue weighted by molar-refractivity contribution is 0.378. The van der Waals surface area contributed by atoms with Crippen molar-refractivity contribution in [2.24, 2.45) is 5.92 Å². The molecule has 0 bridgehead atoms. The fourth-order valence-electron chi connectivity index (χ4n) is 2.08. The second-order valence-electron chi connectivity index (χ2n) is 4.24. The zero-order valence-electron chi connectivity index (χ0n) is 9.15. The van der Waals surface area contributed by atoms with Gasteiger partial charge in [0.2, 0.25) is 0 Å². The minimum atomic E-state index is 0.895. The van der Waals surface area contributed by atoms with Crippen LogP contribution in [0.3, 0.4) is 0 Å². The summed E-state index contributed by atoms with van der Waals surface area (Å²) in [7, 11) is 0. The van der Waals surface area contributed by atoms with Gasteiger partial charge in [-0.25, -0.2) is 0 Å². The highest BCUT2D eigenvalue weighted by Crippen LogP contribution is 2.16. The molecule has 1 aromatic carbocycles. The standard InChI is InChI=1S/C14H19N/c1-2-5-13(6-3-1)7-4-8-14-9-11-15-12-10-14/h1-7,14-15H,8-12H2. The quantitative estimate of drug-likeness (QED) is 0.792. The monoisotopic (exact) mass is 201 g/mol. The Labute approximate surface area is 92.2 Å². The molecule has 1 nitrogen and oxygen atoms in total. The third-order valence-electron chi connectivity index (χ3n) is 3.04. The SMILES string of the molecule is C(=Cc1ccccc1)CC1CCNCC1. The van der Waals surface area contributed by atoms with Crippen LogP contribution in [0.15, 0.2) is 36.4 Å². The summed E-state index contributed by atoms with van der Waals surface area (Å²) >= 11 is 0. The van der Waals surface area contributed by atoms with Crippen molar-refractivity contribution in [1.82, 2.24) is 5.32 Å². The Morgan fingerprint density at radius 2 is 1.87 bits per heavy atom. The van der Waals surface area contributed by atoms with E-state index in [0.717, 1.165) is 5.92 Å². The Morgan fingerprint density at radius 3 is 2.60 bits per heavy atom. The largest absolute Gasteiger partial charge is 0.317 e. The highest BCUT2D eigenvalue weighted by molar-refractivity contribution is 5.48. The molecule has 0 saturated carbocycles. The molecule has 1 heterocycles. The van der Waals surface area contributed by atoms with Gasteiger partial charge in [0.05, 0.1) is 0 Å². The molecule has 1 aromatic rings. The molecule has 0 spiro atoms. The Bertz CT molecular complexity index is 296. The van der Waals surface area contributed by atoms with Gasteiger partial charge in [0.25, 0.3) is 0 Å². The molecule has 2 rings (SSSR count). The van der Waals surface area contributed by atoms with E-state index in [1.807, 2.05) is 0 Å². The van der Waals surface area contributed by atoms with E-state index in [-0.39, 0.29) is 0 Å². The first kappa shape index (κ1) is 10.4. The van der Waals surface area contributed by atoms with Crippen molar-refractivity contribution < 1.29 is 0 Å². The molecule has 0 aromatic heterocycles. The smallest absolute Gasteiger partial charge is 0.00462 e. The third-order valence-corrected chi connectivity index (χ3v) is 3.04. The first-order valence-corrected chi connectivity index (χ1v) is 5.87. The summed E-state index contributed by atoms with van der Waals surface area (Å²) in [6.45, 7) is 2.40. The van der Waals surface area contributed by atoms with Crippen LogP contribution >= 0.6 is 0 Å². The van der Waals surface area contributed by atoms with Gasteiger partial charge in [-0.05, 0) is 43.8 Å². The van der Waals surface area contributed by atoms with Crippen molar-refractivity contribution in [3.63, 3.8) is 0 Å². The predicted octanol–water partition coefficient (Wildman–Crippen LogP) is 3.09. The van der Waals surface area contributed by atoms with E-state index in [1.54, 1.807) is 0 Å². The number of benzene rings is 1. The number of allylic oxidation sites excluding steroid dienone is 1. The topological polar surface area (TPSA) is 12.0 Å². The average molecular weight is 201 g/mol. The van der Waals surface area contributed by atoms with E-state index in [9.17, 15) is 0 Å². The third kappa shape index (κ3) is 3.52. The zero-order valence-corrected chi connectivity index (χ0v) is 9.15. The fraction of sp³-hybridized carbons (Fsp3) is 0.429. The second kappa shape index (κ2) is 5.72. The summed E-state index contributed by atoms with van der Waals surface area (Å²) in [5, 5.41) is 3.40. The van der Waals surface area contributed by atoms with Crippen LogP contribution in [-0.4, -0.2) is 13.1 Å². The van der Waals surface area contributed by atoms with Crippen molar-refractivity contribution in [3.8, 4) is 0 Å². The molecule has 1 aliphatic rings. The minimum Gasteiger partial charge on any atom is -0.317 e. The van der Waals surface area contributed by atoms with Gasteiger partial charge in [0.15, 0.2) is 0 Å². The number of hydrogen-bond acceptors (Lipinski definition) is 1. The molecule has 1 N–H and O–H groups in total. The molecule has 80 valence electrons. The maximum absolute atomic E-state index is 3.40. The molecule has 1 saturated heterocycles. The Hall–Kier alpha value is -1.08. The van der Waals surface area contributed by atoms with Crippen LogP contribution in [0, 0.1) is 5.92 Å². The van der Waals surface area contributed by atoms with E-state index in [2.05, 4.69) is 47.8 Å². The molecule has 1 aliphatic heterocycles. The molecule has 0 atom stereocenters. The van der Waals surface area contributed by atoms with Gasteiger partial charge in [-0.2, -0.15) is 0 Å². The van der Waals surface area contributed by atoms with Crippen molar-refractivity contribution in [2.75, 3.05) is 13.1 Å². The molecule has 0 aliphatic carbocycles. The summed E-state index contributed by atoms with van der Waals surface area (Å²) in [6, 6.07) is 10.5. The molecule has 0 radical (unpaired) electrons. The summed E-state index contributed by atoms with van der Waals surface area (Å²) in [5.41, 5.74) is 1.31. The first-order valence-electron chi connectivity index (χ1n) is 5.87. The first-order chi connectivity index (χ1) is 7.45. The summed E-state index contributed by atoms with van der Waals surface area (Å²) < 4.78 is 0. The summed E-state index contributed by atoms with van der Waals surface area (Å²) in [5.74, 6) is 0.895. The fourth-order valence-corrected chi connectivity index (χ4v) is 2.08. The van der Waals surface area contributed by atoms with Gasteiger partial charge in [-0.3, -0.25) is 0 Å². The lowest BCUT2D eigenvalue weighted by Crippen LogP contribution is -2.27. The average Bonchev–Trinajstić information content (AvgIpc) is 2.32. The van der Waals surface area contributed by atoms with Crippen molar-refractivity contribution in [1.29, 1.82) is 0 Å². The summed E-state index contributed by atoms with van der Waals surface area (Å²) in [4.78, 5) is 0. The van der Waals surface area contributed by atoms with Crippen LogP contribution in [0.2, 0.25) is 0 Å². The van der Waals surface area contributed by atoms with Crippen LogP contribution in [-0.2, 0) is 0 Å². The molecule has 1 fully saturated rings. The van der Waals surface area contributed by atoms with Crippen LogP contribution in [0.4, 0.5) is 0 Å². The molecule has 15 heavy (non-hydrogen) atoms. The van der Waals surface area contributed by atoms with Gasteiger partial charge in [-0.15, -0.1) is 0 Å². The zero-order chi connectivity index (χ0) is 10.3. The lowest BCUT2D eigenvalue weighted by Gasteiger charge is -2.20. The Balaban J connectivity index is 1.79. The normalized spacial score (nSPS) is 18.4. The van der Waals surface area contributed by atoms with E-state index in [0.29, 0.717) is 0 Å². The van der Waals surface area contributed by atoms with Gasteiger partial charge >= 0.3 is 0 Å². The Kier molecular flexibility index (Phi) is 3.98. The second-order valence-corrected chi connectivity index (χ2v) is 4.24. The maximum atomic E-state index is 3.40. The molecule has 0 unspecified atom stereocenters. The molecular weight excluding hydrogens is 182 g/mol. The molecule has 0 amide bonds. The van der Waals surface area contributed by atoms with Gasteiger partial charge < -0.3 is 5.32 Å². The maximum Gasteiger partial charge on any atom is -0.00462 e. The van der Waals surface area contributed by atoms with Crippen LogP contribution < -0.4 is 5.32 Å². The number of hydrogen-bond donors (Lipinski definition) is 1. The number of piperidine rings is 1. The van der Waals surface area contributed by atoms with E-state index in [4.69, 9.17) is 0 Å². The summed E-state index contributed by atoms with van der Waals surface area (Å²) in [6.07, 6.45) is 8.46. The predicted molar refractivity (Wildman–Crippen MR) is 65.7 cm³/mol. The lowest BCUT2D eigenvalue weighted by atomic mass is 9.94. The Morgan fingerprint density at radius 1 is 1.13 bits per heavy atom. The van der Waals surface area contributed by atoms with Crippen LogP contribution in [0.1, 0.15) is 24.8 Å². The molecule has 1 heteroatoms. The van der Waals surface area contributed by atoms with E-state index in [1.165, 1.54) is 37.9 Å². The van der Waals surface area contributed by atoms with Gasteiger partial charge in [-0.1, -0.05) is 42.5 Å². The number of nitrogens with one attached hydrogen (secondary N) is 1. The minimum absolute atomic E-state index is 0.895.